The monoisotopic (exact) mass is 413 g/mol. The van der Waals surface area contributed by atoms with E-state index in [0.29, 0.717) is 17.4 Å². The molecule has 29 heavy (non-hydrogen) atoms. The Morgan fingerprint density at radius 1 is 1.03 bits per heavy atom. The smallest absolute Gasteiger partial charge is 0.266 e. The largest absolute Gasteiger partial charge is 0.368 e. The number of aromatic nitrogens is 5. The summed E-state index contributed by atoms with van der Waals surface area (Å²) in [5, 5.41) is 9.65. The van der Waals surface area contributed by atoms with Crippen LogP contribution in [-0.4, -0.2) is 62.2 Å². The van der Waals surface area contributed by atoms with Gasteiger partial charge in [-0.15, -0.1) is 5.10 Å². The number of rotatable bonds is 5. The summed E-state index contributed by atoms with van der Waals surface area (Å²) < 4.78 is 3.29. The summed E-state index contributed by atoms with van der Waals surface area (Å²) in [7, 11) is 0. The first kappa shape index (κ1) is 19.6. The Morgan fingerprint density at radius 3 is 2.52 bits per heavy atom. The van der Waals surface area contributed by atoms with E-state index in [1.165, 1.54) is 4.68 Å². The Morgan fingerprint density at radius 2 is 1.83 bits per heavy atom. The number of aryl methyl sites for hydroxylation is 2. The van der Waals surface area contributed by atoms with Crippen LogP contribution in [0.1, 0.15) is 11.4 Å². The van der Waals surface area contributed by atoms with Crippen molar-refractivity contribution in [2.45, 2.75) is 20.4 Å². The van der Waals surface area contributed by atoms with E-state index in [9.17, 15) is 4.79 Å². The van der Waals surface area contributed by atoms with Crippen molar-refractivity contribution < 1.29 is 0 Å². The van der Waals surface area contributed by atoms with E-state index < -0.39 is 0 Å². The summed E-state index contributed by atoms with van der Waals surface area (Å²) in [5.41, 5.74) is 2.84. The van der Waals surface area contributed by atoms with Crippen molar-refractivity contribution in [2.75, 3.05) is 37.6 Å². The lowest BCUT2D eigenvalue weighted by Crippen LogP contribution is -2.47. The van der Waals surface area contributed by atoms with Crippen LogP contribution in [0.25, 0.3) is 5.82 Å². The molecule has 0 radical (unpaired) electrons. The zero-order chi connectivity index (χ0) is 20.4. The minimum absolute atomic E-state index is 0.0996. The maximum absolute atomic E-state index is 12.3. The standard InChI is InChI=1S/C20H24ClN7O/c1-15-13-16(2)28(23-15)19-3-4-20(29)27(24-19)12-9-25-7-10-26(11-8-25)18-5-6-22-14-17(18)21/h3-6,13-14H,7-12H2,1-2H3. The Bertz CT molecular complexity index is 1050. The summed E-state index contributed by atoms with van der Waals surface area (Å²) in [6.07, 6.45) is 3.44. The molecule has 0 aliphatic carbocycles. The second kappa shape index (κ2) is 8.34. The van der Waals surface area contributed by atoms with Gasteiger partial charge in [0.1, 0.15) is 0 Å². The van der Waals surface area contributed by atoms with Crippen LogP contribution in [0.15, 0.2) is 41.5 Å². The molecule has 0 aromatic carbocycles. The van der Waals surface area contributed by atoms with Crippen molar-refractivity contribution >= 4 is 17.3 Å². The van der Waals surface area contributed by atoms with Crippen molar-refractivity contribution in [1.82, 2.24) is 29.4 Å². The van der Waals surface area contributed by atoms with Crippen LogP contribution in [-0.2, 0) is 6.54 Å². The van der Waals surface area contributed by atoms with Crippen LogP contribution >= 0.6 is 11.6 Å². The third-order valence-electron chi connectivity index (χ3n) is 5.17. The lowest BCUT2D eigenvalue weighted by Gasteiger charge is -2.36. The number of anilines is 1. The maximum Gasteiger partial charge on any atom is 0.266 e. The molecule has 3 aromatic rings. The molecule has 4 rings (SSSR count). The fourth-order valence-electron chi connectivity index (χ4n) is 3.64. The number of pyridine rings is 1. The average molecular weight is 414 g/mol. The van der Waals surface area contributed by atoms with Gasteiger partial charge in [-0.3, -0.25) is 14.7 Å². The summed E-state index contributed by atoms with van der Waals surface area (Å²) >= 11 is 6.26. The van der Waals surface area contributed by atoms with Gasteiger partial charge in [0.2, 0.25) is 0 Å². The van der Waals surface area contributed by atoms with Crippen LogP contribution in [0.4, 0.5) is 5.69 Å². The molecule has 0 amide bonds. The van der Waals surface area contributed by atoms with Gasteiger partial charge < -0.3 is 4.90 Å². The first-order valence-electron chi connectivity index (χ1n) is 9.70. The van der Waals surface area contributed by atoms with Crippen molar-refractivity contribution in [3.63, 3.8) is 0 Å². The van der Waals surface area contributed by atoms with Crippen LogP contribution < -0.4 is 10.5 Å². The van der Waals surface area contributed by atoms with Gasteiger partial charge in [0.15, 0.2) is 5.82 Å². The lowest BCUT2D eigenvalue weighted by atomic mass is 10.2. The minimum Gasteiger partial charge on any atom is -0.368 e. The SMILES string of the molecule is Cc1cc(C)n(-c2ccc(=O)n(CCN3CCN(c4ccncc4Cl)CC3)n2)n1. The van der Waals surface area contributed by atoms with E-state index in [1.54, 1.807) is 29.2 Å². The van der Waals surface area contributed by atoms with Crippen molar-refractivity contribution in [2.24, 2.45) is 0 Å². The number of halogens is 1. The van der Waals surface area contributed by atoms with E-state index in [1.807, 2.05) is 26.0 Å². The highest BCUT2D eigenvalue weighted by Gasteiger charge is 2.19. The molecule has 0 spiro atoms. The molecule has 0 atom stereocenters. The molecule has 0 bridgehead atoms. The van der Waals surface area contributed by atoms with Gasteiger partial charge in [-0.1, -0.05) is 11.6 Å². The second-order valence-corrected chi connectivity index (χ2v) is 7.65. The molecule has 3 aromatic heterocycles. The highest BCUT2D eigenvalue weighted by molar-refractivity contribution is 6.33. The molecule has 1 saturated heterocycles. The predicted octanol–water partition coefficient (Wildman–Crippen LogP) is 1.92. The quantitative estimate of drug-likeness (QED) is 0.636. The molecule has 0 N–H and O–H groups in total. The summed E-state index contributed by atoms with van der Waals surface area (Å²) in [6, 6.07) is 7.22. The van der Waals surface area contributed by atoms with Gasteiger partial charge in [-0.2, -0.15) is 5.10 Å². The molecular formula is C20H24ClN7O. The van der Waals surface area contributed by atoms with Crippen LogP contribution in [0.2, 0.25) is 5.02 Å². The van der Waals surface area contributed by atoms with E-state index >= 15 is 0 Å². The Hall–Kier alpha value is -2.71. The van der Waals surface area contributed by atoms with Crippen molar-refractivity contribution in [3.8, 4) is 5.82 Å². The predicted molar refractivity (Wildman–Crippen MR) is 113 cm³/mol. The molecule has 1 fully saturated rings. The van der Waals surface area contributed by atoms with Crippen LogP contribution in [0, 0.1) is 13.8 Å². The first-order valence-corrected chi connectivity index (χ1v) is 10.1. The first-order chi connectivity index (χ1) is 14.0. The third-order valence-corrected chi connectivity index (χ3v) is 5.46. The highest BCUT2D eigenvalue weighted by Crippen LogP contribution is 2.25. The van der Waals surface area contributed by atoms with Crippen molar-refractivity contribution in [3.05, 3.63) is 63.4 Å². The fraction of sp³-hybridized carbons (Fsp3) is 0.400. The normalized spacial score (nSPS) is 15.1. The Balaban J connectivity index is 1.39. The summed E-state index contributed by atoms with van der Waals surface area (Å²) in [6.45, 7) is 8.82. The zero-order valence-electron chi connectivity index (χ0n) is 16.6. The molecule has 152 valence electrons. The van der Waals surface area contributed by atoms with E-state index in [-0.39, 0.29) is 5.56 Å². The number of hydrogen-bond acceptors (Lipinski definition) is 6. The van der Waals surface area contributed by atoms with Crippen molar-refractivity contribution in [1.29, 1.82) is 0 Å². The van der Waals surface area contributed by atoms with Crippen LogP contribution in [0.3, 0.4) is 0 Å². The molecule has 4 heterocycles. The second-order valence-electron chi connectivity index (χ2n) is 7.25. The van der Waals surface area contributed by atoms with Gasteiger partial charge in [0.25, 0.3) is 5.56 Å². The third kappa shape index (κ3) is 4.33. The number of nitrogens with zero attached hydrogens (tertiary/aromatic N) is 7. The van der Waals surface area contributed by atoms with E-state index in [0.717, 1.165) is 49.8 Å². The van der Waals surface area contributed by atoms with E-state index in [2.05, 4.69) is 25.0 Å². The molecule has 9 heteroatoms. The maximum atomic E-state index is 12.3. The molecular weight excluding hydrogens is 390 g/mol. The highest BCUT2D eigenvalue weighted by atomic mass is 35.5. The average Bonchev–Trinajstić information content (AvgIpc) is 3.06. The topological polar surface area (TPSA) is 72.1 Å². The van der Waals surface area contributed by atoms with Crippen LogP contribution in [0.5, 0.6) is 0 Å². The van der Waals surface area contributed by atoms with Gasteiger partial charge in [-0.25, -0.2) is 9.36 Å². The van der Waals surface area contributed by atoms with Gasteiger partial charge >= 0.3 is 0 Å². The summed E-state index contributed by atoms with van der Waals surface area (Å²) in [4.78, 5) is 20.9. The van der Waals surface area contributed by atoms with Gasteiger partial charge in [0.05, 0.1) is 22.9 Å². The molecule has 0 unspecified atom stereocenters. The zero-order valence-corrected chi connectivity index (χ0v) is 17.4. The lowest BCUT2D eigenvalue weighted by molar-refractivity contribution is 0.242. The van der Waals surface area contributed by atoms with E-state index in [4.69, 9.17) is 11.6 Å². The molecule has 0 saturated carbocycles. The number of piperazine rings is 1. The van der Waals surface area contributed by atoms with Gasteiger partial charge in [0, 0.05) is 56.9 Å². The molecule has 8 nitrogen and oxygen atoms in total. The Kier molecular flexibility index (Phi) is 5.64. The molecule has 1 aliphatic heterocycles. The molecule has 1 aliphatic rings. The van der Waals surface area contributed by atoms with Gasteiger partial charge in [-0.05, 0) is 32.0 Å². The fourth-order valence-corrected chi connectivity index (χ4v) is 3.88. The number of hydrogen-bond donors (Lipinski definition) is 0. The summed E-state index contributed by atoms with van der Waals surface area (Å²) in [5.74, 6) is 0.660. The minimum atomic E-state index is -0.0996. The Labute approximate surface area is 174 Å².